The first-order valence-electron chi connectivity index (χ1n) is 6.66. The summed E-state index contributed by atoms with van der Waals surface area (Å²) in [6.45, 7) is 7.81. The molecular weight excluding hydrogens is 232 g/mol. The minimum Gasteiger partial charge on any atom is -0.444 e. The Kier molecular flexibility index (Phi) is 5.41. The van der Waals surface area contributed by atoms with Gasteiger partial charge in [0, 0.05) is 26.7 Å². The molecule has 0 aliphatic carbocycles. The largest absolute Gasteiger partial charge is 0.444 e. The lowest BCUT2D eigenvalue weighted by molar-refractivity contribution is -0.0698. The standard InChI is InChI=1S/C13H26N2O3/c1-13(2,3)18-12(16)15-8-5-6-11(10-15)7-9-14(4)17/h11,17H,5-10H2,1-4H3. The topological polar surface area (TPSA) is 53.0 Å². The fraction of sp³-hybridized carbons (Fsp3) is 0.923. The summed E-state index contributed by atoms with van der Waals surface area (Å²) in [7, 11) is 1.65. The van der Waals surface area contributed by atoms with Gasteiger partial charge in [-0.25, -0.2) is 4.79 Å². The number of rotatable bonds is 3. The predicted octanol–water partition coefficient (Wildman–Crippen LogP) is 2.34. The highest BCUT2D eigenvalue weighted by atomic mass is 16.6. The average Bonchev–Trinajstić information content (AvgIpc) is 2.24. The van der Waals surface area contributed by atoms with Crippen LogP contribution in [-0.4, -0.2) is 53.5 Å². The van der Waals surface area contributed by atoms with Crippen LogP contribution >= 0.6 is 0 Å². The van der Waals surface area contributed by atoms with E-state index >= 15 is 0 Å². The zero-order valence-corrected chi connectivity index (χ0v) is 12.0. The quantitative estimate of drug-likeness (QED) is 0.789. The third kappa shape index (κ3) is 5.69. The maximum absolute atomic E-state index is 11.9. The van der Waals surface area contributed by atoms with E-state index in [9.17, 15) is 4.79 Å². The highest BCUT2D eigenvalue weighted by molar-refractivity contribution is 5.68. The van der Waals surface area contributed by atoms with Crippen LogP contribution in [0.25, 0.3) is 0 Å². The van der Waals surface area contributed by atoms with Crippen molar-refractivity contribution in [3.05, 3.63) is 0 Å². The SMILES string of the molecule is CN(O)CCC1CCCN(C(=O)OC(C)(C)C)C1. The van der Waals surface area contributed by atoms with Crippen LogP contribution in [0.4, 0.5) is 4.79 Å². The normalized spacial score (nSPS) is 21.2. The number of hydrogen-bond donors (Lipinski definition) is 1. The van der Waals surface area contributed by atoms with Crippen molar-refractivity contribution < 1.29 is 14.7 Å². The maximum Gasteiger partial charge on any atom is 0.410 e. The van der Waals surface area contributed by atoms with Crippen LogP contribution in [0.1, 0.15) is 40.0 Å². The molecule has 1 fully saturated rings. The monoisotopic (exact) mass is 258 g/mol. The van der Waals surface area contributed by atoms with Gasteiger partial charge in [0.1, 0.15) is 5.60 Å². The van der Waals surface area contributed by atoms with Crippen LogP contribution in [0.5, 0.6) is 0 Å². The molecular formula is C13H26N2O3. The van der Waals surface area contributed by atoms with Crippen LogP contribution in [0, 0.1) is 5.92 Å². The Labute approximate surface area is 110 Å². The van der Waals surface area contributed by atoms with Crippen molar-refractivity contribution >= 4 is 6.09 Å². The lowest BCUT2D eigenvalue weighted by Gasteiger charge is -2.34. The minimum absolute atomic E-state index is 0.218. The summed E-state index contributed by atoms with van der Waals surface area (Å²) < 4.78 is 5.38. The molecule has 0 aromatic rings. The van der Waals surface area contributed by atoms with E-state index in [0.717, 1.165) is 32.4 Å². The van der Waals surface area contributed by atoms with E-state index in [0.29, 0.717) is 12.5 Å². The van der Waals surface area contributed by atoms with Gasteiger partial charge in [0.25, 0.3) is 0 Å². The second-order valence-electron chi connectivity index (χ2n) is 6.10. The van der Waals surface area contributed by atoms with Gasteiger partial charge < -0.3 is 14.8 Å². The highest BCUT2D eigenvalue weighted by Crippen LogP contribution is 2.21. The van der Waals surface area contributed by atoms with Crippen LogP contribution in [0.15, 0.2) is 0 Å². The number of hydroxylamine groups is 2. The van der Waals surface area contributed by atoms with Crippen molar-refractivity contribution in [1.29, 1.82) is 0 Å². The number of likely N-dealkylation sites (tertiary alicyclic amines) is 1. The molecule has 5 heteroatoms. The molecule has 0 aromatic carbocycles. The molecule has 0 saturated carbocycles. The van der Waals surface area contributed by atoms with E-state index in [4.69, 9.17) is 9.94 Å². The number of hydrogen-bond acceptors (Lipinski definition) is 4. The minimum atomic E-state index is -0.435. The molecule has 1 saturated heterocycles. The first-order valence-corrected chi connectivity index (χ1v) is 6.66. The third-order valence-corrected chi connectivity index (χ3v) is 3.03. The highest BCUT2D eigenvalue weighted by Gasteiger charge is 2.27. The van der Waals surface area contributed by atoms with Crippen molar-refractivity contribution in [2.45, 2.75) is 45.6 Å². The summed E-state index contributed by atoms with van der Waals surface area (Å²) in [4.78, 5) is 13.7. The summed E-state index contributed by atoms with van der Waals surface area (Å²) in [5, 5.41) is 10.3. The zero-order chi connectivity index (χ0) is 13.8. The molecule has 1 aliphatic rings. The molecule has 1 rings (SSSR count). The van der Waals surface area contributed by atoms with E-state index in [1.54, 1.807) is 11.9 Å². The molecule has 1 unspecified atom stereocenters. The van der Waals surface area contributed by atoms with Crippen molar-refractivity contribution in [2.24, 2.45) is 5.92 Å². The van der Waals surface area contributed by atoms with Gasteiger partial charge in [-0.2, -0.15) is 5.06 Å². The van der Waals surface area contributed by atoms with E-state index in [-0.39, 0.29) is 6.09 Å². The fourth-order valence-corrected chi connectivity index (χ4v) is 2.16. The molecule has 1 N–H and O–H groups in total. The summed E-state index contributed by atoms with van der Waals surface area (Å²) in [5.74, 6) is 0.459. The first kappa shape index (κ1) is 15.2. The lowest BCUT2D eigenvalue weighted by Crippen LogP contribution is -2.43. The van der Waals surface area contributed by atoms with Gasteiger partial charge >= 0.3 is 6.09 Å². The fourth-order valence-electron chi connectivity index (χ4n) is 2.16. The lowest BCUT2D eigenvalue weighted by atomic mass is 9.95. The number of amides is 1. The molecule has 1 aliphatic heterocycles. The van der Waals surface area contributed by atoms with Gasteiger partial charge in [0.05, 0.1) is 0 Å². The molecule has 18 heavy (non-hydrogen) atoms. The molecule has 0 radical (unpaired) electrons. The van der Waals surface area contributed by atoms with Crippen molar-refractivity contribution in [2.75, 3.05) is 26.7 Å². The molecule has 0 bridgehead atoms. The van der Waals surface area contributed by atoms with Crippen LogP contribution in [-0.2, 0) is 4.74 Å². The second kappa shape index (κ2) is 6.38. The summed E-state index contributed by atoms with van der Waals surface area (Å²) in [6.07, 6.45) is 2.82. The van der Waals surface area contributed by atoms with Crippen LogP contribution in [0.2, 0.25) is 0 Å². The molecule has 1 amide bonds. The second-order valence-corrected chi connectivity index (χ2v) is 6.10. The Balaban J connectivity index is 2.40. The number of carbonyl (C=O) groups excluding carboxylic acids is 1. The summed E-state index contributed by atoms with van der Waals surface area (Å²) >= 11 is 0. The molecule has 0 aromatic heterocycles. The molecule has 5 nitrogen and oxygen atoms in total. The van der Waals surface area contributed by atoms with Crippen LogP contribution in [0.3, 0.4) is 0 Å². The number of ether oxygens (including phenoxy) is 1. The number of piperidine rings is 1. The Morgan fingerprint density at radius 1 is 1.50 bits per heavy atom. The van der Waals surface area contributed by atoms with Gasteiger partial charge in [-0.05, 0) is 46.0 Å². The van der Waals surface area contributed by atoms with Crippen LogP contribution < -0.4 is 0 Å². The van der Waals surface area contributed by atoms with E-state index in [2.05, 4.69) is 0 Å². The third-order valence-electron chi connectivity index (χ3n) is 3.03. The Morgan fingerprint density at radius 3 is 2.72 bits per heavy atom. The van der Waals surface area contributed by atoms with Gasteiger partial charge in [-0.3, -0.25) is 0 Å². The molecule has 106 valence electrons. The van der Waals surface area contributed by atoms with Crippen molar-refractivity contribution in [1.82, 2.24) is 9.96 Å². The van der Waals surface area contributed by atoms with E-state index in [1.807, 2.05) is 20.8 Å². The Hall–Kier alpha value is -0.810. The van der Waals surface area contributed by atoms with Gasteiger partial charge in [0.2, 0.25) is 0 Å². The zero-order valence-electron chi connectivity index (χ0n) is 12.0. The molecule has 1 atom stereocenters. The molecule has 1 heterocycles. The number of carbonyl (C=O) groups is 1. The smallest absolute Gasteiger partial charge is 0.410 e. The average molecular weight is 258 g/mol. The Bertz CT molecular complexity index is 274. The van der Waals surface area contributed by atoms with Crippen molar-refractivity contribution in [3.8, 4) is 0 Å². The van der Waals surface area contributed by atoms with Crippen molar-refractivity contribution in [3.63, 3.8) is 0 Å². The van der Waals surface area contributed by atoms with E-state index in [1.165, 1.54) is 5.06 Å². The Morgan fingerprint density at radius 2 is 2.17 bits per heavy atom. The first-order chi connectivity index (χ1) is 8.28. The molecule has 0 spiro atoms. The predicted molar refractivity (Wildman–Crippen MR) is 69.6 cm³/mol. The maximum atomic E-state index is 11.9. The summed E-state index contributed by atoms with van der Waals surface area (Å²) in [6, 6.07) is 0. The summed E-state index contributed by atoms with van der Waals surface area (Å²) in [5.41, 5.74) is -0.435. The van der Waals surface area contributed by atoms with Gasteiger partial charge in [-0.15, -0.1) is 0 Å². The van der Waals surface area contributed by atoms with Gasteiger partial charge in [-0.1, -0.05) is 0 Å². The van der Waals surface area contributed by atoms with E-state index < -0.39 is 5.60 Å². The number of nitrogens with zero attached hydrogens (tertiary/aromatic N) is 2. The van der Waals surface area contributed by atoms with Gasteiger partial charge in [0.15, 0.2) is 0 Å².